The van der Waals surface area contributed by atoms with Crippen molar-refractivity contribution in [2.75, 3.05) is 0 Å². The van der Waals surface area contributed by atoms with Crippen LogP contribution in [-0.2, 0) is 9.59 Å². The van der Waals surface area contributed by atoms with Crippen molar-refractivity contribution < 1.29 is 19.8 Å². The number of carbonyl (C=O) groups is 2. The summed E-state index contributed by atoms with van der Waals surface area (Å²) in [7, 11) is 0. The van der Waals surface area contributed by atoms with E-state index in [9.17, 15) is 19.8 Å². The van der Waals surface area contributed by atoms with E-state index in [-0.39, 0.29) is 34.0 Å². The molecule has 0 radical (unpaired) electrons. The Labute approximate surface area is 169 Å². The lowest BCUT2D eigenvalue weighted by Gasteiger charge is -2.54. The Morgan fingerprint density at radius 3 is 1.14 bits per heavy atom. The zero-order valence-electron chi connectivity index (χ0n) is 18.8. The molecule has 2 saturated heterocycles. The molecule has 6 nitrogen and oxygen atoms in total. The van der Waals surface area contributed by atoms with E-state index >= 15 is 0 Å². The van der Waals surface area contributed by atoms with Gasteiger partial charge < -0.3 is 20.8 Å². The molecule has 4 N–H and O–H groups in total. The number of piperidine rings is 2. The van der Waals surface area contributed by atoms with Gasteiger partial charge in [0, 0.05) is 22.2 Å². The van der Waals surface area contributed by atoms with Crippen molar-refractivity contribution in [3.63, 3.8) is 0 Å². The molecule has 0 aromatic rings. The van der Waals surface area contributed by atoms with Gasteiger partial charge in [0.05, 0.1) is 0 Å². The van der Waals surface area contributed by atoms with Crippen molar-refractivity contribution in [1.29, 1.82) is 0 Å². The quantitative estimate of drug-likeness (QED) is 0.531. The Hall–Kier alpha value is -1.14. The molecule has 2 fully saturated rings. The predicted octanol–water partition coefficient (Wildman–Crippen LogP) is 3.50. The number of carboxylic acids is 2. The number of hydrogen-bond acceptors (Lipinski definition) is 4. The second kappa shape index (κ2) is 7.28. The van der Waals surface area contributed by atoms with Crippen LogP contribution in [0.3, 0.4) is 0 Å². The van der Waals surface area contributed by atoms with E-state index in [1.807, 2.05) is 0 Å². The van der Waals surface area contributed by atoms with E-state index in [0.29, 0.717) is 0 Å². The first kappa shape index (κ1) is 23.1. The zero-order chi connectivity index (χ0) is 21.7. The van der Waals surface area contributed by atoms with Gasteiger partial charge in [0.25, 0.3) is 0 Å². The summed E-state index contributed by atoms with van der Waals surface area (Å²) >= 11 is 0. The number of nitrogens with one attached hydrogen (secondary N) is 2. The fourth-order valence-electron chi connectivity index (χ4n) is 6.71. The molecule has 6 heteroatoms. The molecule has 0 aromatic heterocycles. The average Bonchev–Trinajstić information content (AvgIpc) is 2.35. The summed E-state index contributed by atoms with van der Waals surface area (Å²) in [5.74, 6) is -4.10. The van der Waals surface area contributed by atoms with Gasteiger partial charge in [-0.15, -0.1) is 0 Å². The summed E-state index contributed by atoms with van der Waals surface area (Å²) in [5, 5.41) is 27.1. The Morgan fingerprint density at radius 2 is 0.929 bits per heavy atom. The van der Waals surface area contributed by atoms with Gasteiger partial charge in [0.1, 0.15) is 0 Å². The third kappa shape index (κ3) is 5.47. The minimum atomic E-state index is -1.37. The van der Waals surface area contributed by atoms with Crippen molar-refractivity contribution in [3.05, 3.63) is 0 Å². The van der Waals surface area contributed by atoms with Crippen molar-refractivity contribution in [1.82, 2.24) is 10.6 Å². The van der Waals surface area contributed by atoms with Crippen LogP contribution in [0.1, 0.15) is 81.1 Å². The van der Waals surface area contributed by atoms with Gasteiger partial charge in [-0.05, 0) is 98.8 Å². The van der Waals surface area contributed by atoms with Crippen LogP contribution in [0.4, 0.5) is 0 Å². The van der Waals surface area contributed by atoms with Crippen LogP contribution in [0.2, 0.25) is 0 Å². The van der Waals surface area contributed by atoms with Crippen LogP contribution in [0.5, 0.6) is 0 Å². The Kier molecular flexibility index (Phi) is 6.02. The molecule has 0 aliphatic carbocycles. The highest BCUT2D eigenvalue weighted by Crippen LogP contribution is 2.48. The minimum absolute atomic E-state index is 0.0400. The van der Waals surface area contributed by atoms with Gasteiger partial charge >= 0.3 is 11.9 Å². The van der Waals surface area contributed by atoms with Crippen molar-refractivity contribution in [2.45, 2.75) is 103 Å². The molecule has 0 atom stereocenters. The number of rotatable bonds is 5. The van der Waals surface area contributed by atoms with Gasteiger partial charge in [-0.3, -0.25) is 9.59 Å². The SMILES string of the molecule is CC1(C)CC(C(C2CC(C)(C)NC(C)(C)C2)C(C(=O)O)C(=O)O)CC(C)(C)N1. The maximum atomic E-state index is 12.1. The molecule has 0 spiro atoms. The highest BCUT2D eigenvalue weighted by atomic mass is 16.4. The molecule has 0 amide bonds. The van der Waals surface area contributed by atoms with Gasteiger partial charge in [-0.1, -0.05) is 0 Å². The average molecular weight is 397 g/mol. The van der Waals surface area contributed by atoms with Crippen LogP contribution in [-0.4, -0.2) is 44.3 Å². The smallest absolute Gasteiger partial charge is 0.318 e. The maximum Gasteiger partial charge on any atom is 0.318 e. The lowest BCUT2D eigenvalue weighted by atomic mass is 9.59. The largest absolute Gasteiger partial charge is 0.481 e. The molecule has 162 valence electrons. The van der Waals surface area contributed by atoms with Gasteiger partial charge in [0.2, 0.25) is 0 Å². The highest BCUT2D eigenvalue weighted by Gasteiger charge is 2.52. The molecule has 2 rings (SSSR count). The monoisotopic (exact) mass is 396 g/mol. The second-order valence-corrected chi connectivity index (χ2v) is 11.9. The minimum Gasteiger partial charge on any atom is -0.481 e. The standard InChI is InChI=1S/C22H40N2O4/c1-19(2)9-13(10-20(3,4)23-19)15(16(17(25)26)18(27)28)14-11-21(5,6)24-22(7,8)12-14/h13-16,23-24H,9-12H2,1-8H3,(H,25,26)(H,27,28). The third-order valence-corrected chi connectivity index (χ3v) is 6.45. The van der Waals surface area contributed by atoms with Crippen LogP contribution in [0.15, 0.2) is 0 Å². The van der Waals surface area contributed by atoms with Crippen molar-refractivity contribution >= 4 is 11.9 Å². The summed E-state index contributed by atoms with van der Waals surface area (Å²) in [4.78, 5) is 24.2. The predicted molar refractivity (Wildman–Crippen MR) is 110 cm³/mol. The Balaban J connectivity index is 2.51. The summed E-state index contributed by atoms with van der Waals surface area (Å²) < 4.78 is 0. The molecular weight excluding hydrogens is 356 g/mol. The summed E-state index contributed by atoms with van der Waals surface area (Å²) in [6.45, 7) is 17.0. The van der Waals surface area contributed by atoms with Crippen molar-refractivity contribution in [3.8, 4) is 0 Å². The first-order valence-electron chi connectivity index (χ1n) is 10.5. The summed E-state index contributed by atoms with van der Waals surface area (Å²) in [6.07, 6.45) is 3.12. The summed E-state index contributed by atoms with van der Waals surface area (Å²) in [5.41, 5.74) is -0.650. The summed E-state index contributed by atoms with van der Waals surface area (Å²) in [6, 6.07) is 0. The second-order valence-electron chi connectivity index (χ2n) is 11.9. The number of carboxylic acid groups (broad SMARTS) is 2. The molecular formula is C22H40N2O4. The van der Waals surface area contributed by atoms with Gasteiger partial charge in [-0.2, -0.15) is 0 Å². The highest BCUT2D eigenvalue weighted by molar-refractivity contribution is 5.93. The first-order chi connectivity index (χ1) is 12.4. The van der Waals surface area contributed by atoms with Crippen LogP contribution in [0.25, 0.3) is 0 Å². The molecule has 0 bridgehead atoms. The Morgan fingerprint density at radius 1 is 0.679 bits per heavy atom. The lowest BCUT2D eigenvalue weighted by molar-refractivity contribution is -0.162. The normalized spacial score (nSPS) is 27.1. The molecule has 0 saturated carbocycles. The van der Waals surface area contributed by atoms with Gasteiger partial charge in [0.15, 0.2) is 5.92 Å². The topological polar surface area (TPSA) is 98.7 Å². The molecule has 2 aliphatic heterocycles. The van der Waals surface area contributed by atoms with E-state index in [1.165, 1.54) is 0 Å². The third-order valence-electron chi connectivity index (χ3n) is 6.45. The fraction of sp³-hybridized carbons (Fsp3) is 0.909. The number of hydrogen-bond donors (Lipinski definition) is 4. The maximum absolute atomic E-state index is 12.1. The van der Waals surface area contributed by atoms with E-state index < -0.39 is 23.8 Å². The molecule has 0 unspecified atom stereocenters. The van der Waals surface area contributed by atoms with E-state index in [2.05, 4.69) is 66.0 Å². The molecule has 2 heterocycles. The fourth-order valence-corrected chi connectivity index (χ4v) is 6.71. The molecule has 2 aliphatic rings. The zero-order valence-corrected chi connectivity index (χ0v) is 18.8. The van der Waals surface area contributed by atoms with E-state index in [1.54, 1.807) is 0 Å². The van der Waals surface area contributed by atoms with Gasteiger partial charge in [-0.25, -0.2) is 0 Å². The molecule has 0 aromatic carbocycles. The van der Waals surface area contributed by atoms with E-state index in [0.717, 1.165) is 25.7 Å². The lowest BCUT2D eigenvalue weighted by Crippen LogP contribution is -2.63. The van der Waals surface area contributed by atoms with Crippen LogP contribution >= 0.6 is 0 Å². The van der Waals surface area contributed by atoms with Crippen LogP contribution in [0, 0.1) is 23.7 Å². The first-order valence-corrected chi connectivity index (χ1v) is 10.5. The van der Waals surface area contributed by atoms with Crippen LogP contribution < -0.4 is 10.6 Å². The molecule has 28 heavy (non-hydrogen) atoms. The Bertz CT molecular complexity index is 540. The van der Waals surface area contributed by atoms with Crippen molar-refractivity contribution in [2.24, 2.45) is 23.7 Å². The number of aliphatic carboxylic acids is 2. The van der Waals surface area contributed by atoms with E-state index in [4.69, 9.17) is 0 Å².